The van der Waals surface area contributed by atoms with Crippen molar-refractivity contribution < 1.29 is 30.0 Å². The number of unbranched alkanes of at least 4 members (excludes halogenated alkanes) is 47. The molecule has 4 atom stereocenters. The standard InChI is InChI=1S/C34H69NO3.C34H67NO3/c2*1-3-5-7-9-11-13-15-17-19-21-23-25-27-29-33(37)32(31-36)35-34(38)30-28-26-24-22-20-18-16-14-12-10-8-6-4-2/h32-33,36-37H,3-31H2,1-2H3,(H,35,38);27,29,32-33,36-37H,3-26,28,30-31H2,1-2H3,(H,35,38)/b;29-27+/t2*32-,33+/m00/s1. The number of nitrogens with one attached hydrogen (secondary N) is 2. The third-order valence-corrected chi connectivity index (χ3v) is 15.9. The van der Waals surface area contributed by atoms with Crippen molar-refractivity contribution in [1.29, 1.82) is 0 Å². The van der Waals surface area contributed by atoms with Gasteiger partial charge in [0, 0.05) is 12.8 Å². The molecule has 0 fully saturated rings. The van der Waals surface area contributed by atoms with Crippen LogP contribution in [0.1, 0.15) is 374 Å². The van der Waals surface area contributed by atoms with Gasteiger partial charge in [-0.25, -0.2) is 0 Å². The highest BCUT2D eigenvalue weighted by Gasteiger charge is 2.20. The smallest absolute Gasteiger partial charge is 0.220 e. The van der Waals surface area contributed by atoms with Crippen LogP contribution in [-0.4, -0.2) is 69.7 Å². The summed E-state index contributed by atoms with van der Waals surface area (Å²) in [4.78, 5) is 24.5. The van der Waals surface area contributed by atoms with Crippen molar-refractivity contribution >= 4 is 11.8 Å². The van der Waals surface area contributed by atoms with Crippen LogP contribution in [0.4, 0.5) is 0 Å². The molecule has 0 unspecified atom stereocenters. The minimum atomic E-state index is -0.830. The average molecular weight is 1080 g/mol. The first-order chi connectivity index (χ1) is 37.3. The Kier molecular flexibility index (Phi) is 66.5. The van der Waals surface area contributed by atoms with Gasteiger partial charge in [-0.2, -0.15) is 0 Å². The molecule has 0 saturated heterocycles. The lowest BCUT2D eigenvalue weighted by molar-refractivity contribution is -0.123. The fraction of sp³-hybridized carbons (Fsp3) is 0.941. The molecule has 0 aliphatic rings. The normalized spacial score (nSPS) is 13.2. The van der Waals surface area contributed by atoms with E-state index in [-0.39, 0.29) is 25.0 Å². The Hall–Kier alpha value is -1.48. The summed E-state index contributed by atoms with van der Waals surface area (Å²) >= 11 is 0. The first-order valence-corrected chi connectivity index (χ1v) is 34.1. The quantitative estimate of drug-likeness (QED) is 0.0265. The lowest BCUT2D eigenvalue weighted by Crippen LogP contribution is -2.45. The molecule has 8 nitrogen and oxygen atoms in total. The van der Waals surface area contributed by atoms with Crippen LogP contribution in [0.15, 0.2) is 12.2 Å². The van der Waals surface area contributed by atoms with Crippen molar-refractivity contribution in [3.63, 3.8) is 0 Å². The Morgan fingerprint density at radius 1 is 0.329 bits per heavy atom. The van der Waals surface area contributed by atoms with Gasteiger partial charge < -0.3 is 31.1 Å². The van der Waals surface area contributed by atoms with E-state index in [2.05, 4.69) is 38.3 Å². The fourth-order valence-electron chi connectivity index (χ4n) is 10.5. The average Bonchev–Trinajstić information content (AvgIpc) is 3.42. The summed E-state index contributed by atoms with van der Waals surface area (Å²) in [6.45, 7) is 8.64. The van der Waals surface area contributed by atoms with Crippen LogP contribution in [-0.2, 0) is 9.59 Å². The van der Waals surface area contributed by atoms with Crippen molar-refractivity contribution in [1.82, 2.24) is 10.6 Å². The zero-order chi connectivity index (χ0) is 55.9. The summed E-state index contributed by atoms with van der Waals surface area (Å²) in [6, 6.07) is -1.14. The Labute approximate surface area is 474 Å². The van der Waals surface area contributed by atoms with Crippen LogP contribution in [0.25, 0.3) is 0 Å². The summed E-state index contributed by atoms with van der Waals surface area (Å²) in [5.74, 6) is -0.0959. The van der Waals surface area contributed by atoms with E-state index in [9.17, 15) is 30.0 Å². The maximum atomic E-state index is 12.3. The van der Waals surface area contributed by atoms with Crippen molar-refractivity contribution in [2.24, 2.45) is 0 Å². The largest absolute Gasteiger partial charge is 0.394 e. The van der Waals surface area contributed by atoms with E-state index in [0.29, 0.717) is 19.3 Å². The number of carbonyl (C=O) groups is 2. The van der Waals surface area contributed by atoms with Crippen LogP contribution in [0, 0.1) is 0 Å². The SMILES string of the molecule is CCCCCCCCCCCCC/C=C/[C@@H](O)[C@H](CO)NC(=O)CCCCCCCCCCCCCCC.CCCCCCCCCCCCCCCC(=O)N[C@@H](CO)[C@H](O)CCCCCCCCCCCCCCC. The molecule has 8 heteroatoms. The first-order valence-electron chi connectivity index (χ1n) is 34.1. The van der Waals surface area contributed by atoms with Gasteiger partial charge in [-0.3, -0.25) is 9.59 Å². The van der Waals surface area contributed by atoms with Crippen molar-refractivity contribution in [3.05, 3.63) is 12.2 Å². The van der Waals surface area contributed by atoms with E-state index >= 15 is 0 Å². The summed E-state index contributed by atoms with van der Waals surface area (Å²) in [5.41, 5.74) is 0. The van der Waals surface area contributed by atoms with Crippen LogP contribution >= 0.6 is 0 Å². The third-order valence-electron chi connectivity index (χ3n) is 15.9. The summed E-state index contributed by atoms with van der Waals surface area (Å²) < 4.78 is 0. The van der Waals surface area contributed by atoms with E-state index < -0.39 is 24.3 Å². The molecule has 0 spiro atoms. The predicted molar refractivity (Wildman–Crippen MR) is 331 cm³/mol. The molecule has 2 amide bonds. The fourth-order valence-corrected chi connectivity index (χ4v) is 10.5. The number of aliphatic hydroxyl groups is 4. The second-order valence-electron chi connectivity index (χ2n) is 23.5. The second-order valence-corrected chi connectivity index (χ2v) is 23.5. The lowest BCUT2D eigenvalue weighted by atomic mass is 10.0. The van der Waals surface area contributed by atoms with Crippen molar-refractivity contribution in [3.8, 4) is 0 Å². The van der Waals surface area contributed by atoms with Crippen molar-refractivity contribution in [2.45, 2.75) is 399 Å². The molecule has 0 aromatic rings. The topological polar surface area (TPSA) is 139 Å². The first kappa shape index (κ1) is 76.6. The molecule has 0 aliphatic carbocycles. The number of aliphatic hydroxyl groups excluding tert-OH is 4. The van der Waals surface area contributed by atoms with Gasteiger partial charge in [0.15, 0.2) is 0 Å². The number of amides is 2. The molecule has 0 radical (unpaired) electrons. The number of allylic oxidation sites excluding steroid dienone is 1. The van der Waals surface area contributed by atoms with E-state index in [4.69, 9.17) is 0 Å². The molecule has 454 valence electrons. The Morgan fingerprint density at radius 2 is 0.566 bits per heavy atom. The lowest BCUT2D eigenvalue weighted by Gasteiger charge is -2.22. The van der Waals surface area contributed by atoms with Gasteiger partial charge in [-0.1, -0.05) is 342 Å². The van der Waals surface area contributed by atoms with Crippen LogP contribution < -0.4 is 10.6 Å². The number of rotatable bonds is 61. The molecule has 0 aliphatic heterocycles. The maximum absolute atomic E-state index is 12.3. The molecule has 0 rings (SSSR count). The Morgan fingerprint density at radius 3 is 0.842 bits per heavy atom. The molecule has 0 aromatic carbocycles. The Bertz CT molecular complexity index is 1150. The van der Waals surface area contributed by atoms with Gasteiger partial charge in [0.25, 0.3) is 0 Å². The van der Waals surface area contributed by atoms with Crippen LogP contribution in [0.2, 0.25) is 0 Å². The van der Waals surface area contributed by atoms with Gasteiger partial charge in [-0.15, -0.1) is 0 Å². The molecule has 76 heavy (non-hydrogen) atoms. The summed E-state index contributed by atoms with van der Waals surface area (Å²) in [6.07, 6.45) is 70.0. The number of hydrogen-bond acceptors (Lipinski definition) is 6. The van der Waals surface area contributed by atoms with E-state index in [1.165, 1.54) is 276 Å². The van der Waals surface area contributed by atoms with E-state index in [1.807, 2.05) is 6.08 Å². The number of hydrogen-bond donors (Lipinski definition) is 6. The highest BCUT2D eigenvalue weighted by molar-refractivity contribution is 5.76. The van der Waals surface area contributed by atoms with Crippen LogP contribution in [0.5, 0.6) is 0 Å². The molecule has 6 N–H and O–H groups in total. The van der Waals surface area contributed by atoms with E-state index in [0.717, 1.165) is 51.4 Å². The van der Waals surface area contributed by atoms with Gasteiger partial charge in [0.05, 0.1) is 37.5 Å². The molecule has 0 heterocycles. The van der Waals surface area contributed by atoms with Crippen molar-refractivity contribution in [2.75, 3.05) is 13.2 Å². The predicted octanol–water partition coefficient (Wildman–Crippen LogP) is 19.3. The molecular weight excluding hydrogens is 941 g/mol. The third kappa shape index (κ3) is 60.2. The summed E-state index contributed by atoms with van der Waals surface area (Å²) in [5, 5.41) is 45.8. The van der Waals surface area contributed by atoms with Gasteiger partial charge in [0.2, 0.25) is 11.8 Å². The maximum Gasteiger partial charge on any atom is 0.220 e. The highest BCUT2D eigenvalue weighted by Crippen LogP contribution is 2.18. The minimum Gasteiger partial charge on any atom is -0.394 e. The molecule has 0 saturated carbocycles. The van der Waals surface area contributed by atoms with Gasteiger partial charge in [0.1, 0.15) is 0 Å². The zero-order valence-corrected chi connectivity index (χ0v) is 51.7. The molecular formula is C68H136N2O6. The van der Waals surface area contributed by atoms with E-state index in [1.54, 1.807) is 6.08 Å². The molecule has 0 aromatic heterocycles. The second kappa shape index (κ2) is 66.0. The minimum absolute atomic E-state index is 0.0310. The van der Waals surface area contributed by atoms with Crippen LogP contribution in [0.3, 0.4) is 0 Å². The Balaban J connectivity index is 0. The van der Waals surface area contributed by atoms with Gasteiger partial charge in [-0.05, 0) is 32.1 Å². The van der Waals surface area contributed by atoms with Gasteiger partial charge >= 0.3 is 0 Å². The summed E-state index contributed by atoms with van der Waals surface area (Å²) in [7, 11) is 0. The molecule has 0 bridgehead atoms. The highest BCUT2D eigenvalue weighted by atomic mass is 16.3. The zero-order valence-electron chi connectivity index (χ0n) is 51.7. The number of carbonyl (C=O) groups excluding carboxylic acids is 2. The monoisotopic (exact) mass is 1080 g/mol.